The van der Waals surface area contributed by atoms with Gasteiger partial charge in [0.25, 0.3) is 0 Å². The first kappa shape index (κ1) is 17.7. The van der Waals surface area contributed by atoms with Gasteiger partial charge in [0.05, 0.1) is 35.1 Å². The Morgan fingerprint density at radius 2 is 1.96 bits per heavy atom. The van der Waals surface area contributed by atoms with Crippen molar-refractivity contribution in [2.24, 2.45) is 0 Å². The number of pyridine rings is 1. The second kappa shape index (κ2) is 8.34. The molecule has 0 radical (unpaired) electrons. The Kier molecular flexibility index (Phi) is 5.91. The number of hydrogen-bond acceptors (Lipinski definition) is 3. The van der Waals surface area contributed by atoms with E-state index in [-0.39, 0.29) is 0 Å². The summed E-state index contributed by atoms with van der Waals surface area (Å²) in [6.45, 7) is 1.07. The van der Waals surface area contributed by atoms with Gasteiger partial charge in [0.15, 0.2) is 5.11 Å². The molecule has 25 heavy (non-hydrogen) atoms. The molecule has 0 bridgehead atoms. The highest BCUT2D eigenvalue weighted by molar-refractivity contribution is 7.80. The fraction of sp³-hybridized carbons (Fsp3) is 0.111. The Bertz CT molecular complexity index is 841. The molecule has 2 aromatic heterocycles. The van der Waals surface area contributed by atoms with E-state index in [9.17, 15) is 0 Å². The summed E-state index contributed by atoms with van der Waals surface area (Å²) in [5.41, 5.74) is 1.68. The van der Waals surface area contributed by atoms with Gasteiger partial charge in [0, 0.05) is 11.9 Å². The van der Waals surface area contributed by atoms with Gasteiger partial charge < -0.3 is 14.6 Å². The minimum Gasteiger partial charge on any atom is -0.467 e. The Morgan fingerprint density at radius 3 is 2.64 bits per heavy atom. The van der Waals surface area contributed by atoms with Crippen molar-refractivity contribution in [1.82, 2.24) is 9.88 Å². The van der Waals surface area contributed by atoms with Crippen LogP contribution < -0.4 is 5.32 Å². The average molecular weight is 392 g/mol. The topological polar surface area (TPSA) is 41.3 Å². The van der Waals surface area contributed by atoms with Crippen molar-refractivity contribution in [3.8, 4) is 0 Å². The third kappa shape index (κ3) is 4.95. The first-order valence-corrected chi connectivity index (χ1v) is 8.71. The molecule has 0 fully saturated rings. The number of furan rings is 1. The van der Waals surface area contributed by atoms with Crippen LogP contribution in [0.2, 0.25) is 10.0 Å². The van der Waals surface area contributed by atoms with Gasteiger partial charge in [-0.05, 0) is 54.7 Å². The Hall–Kier alpha value is -2.08. The predicted octanol–water partition coefficient (Wildman–Crippen LogP) is 5.38. The summed E-state index contributed by atoms with van der Waals surface area (Å²) in [6, 6.07) is 14.8. The molecule has 3 aromatic rings. The van der Waals surface area contributed by atoms with Gasteiger partial charge in [-0.25, -0.2) is 0 Å². The van der Waals surface area contributed by atoms with Crippen LogP contribution >= 0.6 is 35.4 Å². The van der Waals surface area contributed by atoms with Crippen LogP contribution in [0.25, 0.3) is 0 Å². The molecular weight excluding hydrogens is 377 g/mol. The van der Waals surface area contributed by atoms with Crippen molar-refractivity contribution in [2.75, 3.05) is 5.32 Å². The van der Waals surface area contributed by atoms with Crippen molar-refractivity contribution < 1.29 is 4.42 Å². The number of anilines is 1. The number of nitrogens with one attached hydrogen (secondary N) is 1. The van der Waals surface area contributed by atoms with Crippen LogP contribution in [0.3, 0.4) is 0 Å². The van der Waals surface area contributed by atoms with E-state index in [1.54, 1.807) is 24.6 Å². The van der Waals surface area contributed by atoms with Gasteiger partial charge in [0.1, 0.15) is 5.76 Å². The van der Waals surface area contributed by atoms with E-state index in [1.165, 1.54) is 0 Å². The molecule has 3 rings (SSSR count). The molecule has 0 aliphatic heterocycles. The fourth-order valence-corrected chi connectivity index (χ4v) is 2.80. The summed E-state index contributed by atoms with van der Waals surface area (Å²) in [5, 5.41) is 4.70. The summed E-state index contributed by atoms with van der Waals surface area (Å²) in [7, 11) is 0. The standard InChI is InChI=1S/C18H15Cl2N3OS/c19-16-7-6-13(10-17(16)20)22-18(25)23(12-15-5-3-9-24-15)11-14-4-1-2-8-21-14/h1-10H,11-12H2,(H,22,25). The van der Waals surface area contributed by atoms with Gasteiger partial charge in [0.2, 0.25) is 0 Å². The van der Waals surface area contributed by atoms with Crippen molar-refractivity contribution in [1.29, 1.82) is 0 Å². The largest absolute Gasteiger partial charge is 0.467 e. The van der Waals surface area contributed by atoms with Crippen LogP contribution in [0.1, 0.15) is 11.5 Å². The highest BCUT2D eigenvalue weighted by Gasteiger charge is 2.14. The van der Waals surface area contributed by atoms with Crippen molar-refractivity contribution in [3.63, 3.8) is 0 Å². The van der Waals surface area contributed by atoms with Crippen LogP contribution in [-0.4, -0.2) is 15.0 Å². The molecule has 0 unspecified atom stereocenters. The summed E-state index contributed by atoms with van der Waals surface area (Å²) in [6.07, 6.45) is 3.40. The van der Waals surface area contributed by atoms with Gasteiger partial charge in [-0.3, -0.25) is 4.98 Å². The molecule has 0 saturated heterocycles. The molecule has 1 aromatic carbocycles. The third-order valence-corrected chi connectivity index (χ3v) is 4.56. The monoisotopic (exact) mass is 391 g/mol. The van der Waals surface area contributed by atoms with E-state index < -0.39 is 0 Å². The molecule has 0 spiro atoms. The number of hydrogen-bond donors (Lipinski definition) is 1. The van der Waals surface area contributed by atoms with E-state index in [0.29, 0.717) is 28.2 Å². The molecule has 0 amide bonds. The lowest BCUT2D eigenvalue weighted by molar-refractivity contribution is 0.357. The van der Waals surface area contributed by atoms with Crippen LogP contribution in [0, 0.1) is 0 Å². The van der Waals surface area contributed by atoms with Crippen LogP contribution in [-0.2, 0) is 13.1 Å². The van der Waals surface area contributed by atoms with Crippen LogP contribution in [0.5, 0.6) is 0 Å². The van der Waals surface area contributed by atoms with E-state index in [4.69, 9.17) is 39.8 Å². The zero-order valence-electron chi connectivity index (χ0n) is 13.2. The van der Waals surface area contributed by atoms with Gasteiger partial charge in [-0.2, -0.15) is 0 Å². The van der Waals surface area contributed by atoms with E-state index in [1.807, 2.05) is 41.3 Å². The zero-order chi connectivity index (χ0) is 17.6. The normalized spacial score (nSPS) is 10.5. The van der Waals surface area contributed by atoms with Crippen molar-refractivity contribution in [2.45, 2.75) is 13.1 Å². The molecule has 2 heterocycles. The molecule has 128 valence electrons. The van der Waals surface area contributed by atoms with E-state index in [2.05, 4.69) is 10.3 Å². The molecule has 0 aliphatic rings. The Labute approximate surface area is 161 Å². The molecule has 1 N–H and O–H groups in total. The summed E-state index contributed by atoms with van der Waals surface area (Å²) >= 11 is 17.6. The second-order valence-corrected chi connectivity index (χ2v) is 6.52. The zero-order valence-corrected chi connectivity index (χ0v) is 15.5. The molecule has 4 nitrogen and oxygen atoms in total. The predicted molar refractivity (Wildman–Crippen MR) is 105 cm³/mol. The fourth-order valence-electron chi connectivity index (χ4n) is 2.25. The smallest absolute Gasteiger partial charge is 0.174 e. The van der Waals surface area contributed by atoms with Crippen molar-refractivity contribution in [3.05, 3.63) is 82.5 Å². The minimum atomic E-state index is 0.469. The van der Waals surface area contributed by atoms with Crippen LogP contribution in [0.4, 0.5) is 5.69 Å². The first-order valence-electron chi connectivity index (χ1n) is 7.55. The number of halogens is 2. The number of rotatable bonds is 5. The number of nitrogens with zero attached hydrogens (tertiary/aromatic N) is 2. The Balaban J connectivity index is 1.77. The number of benzene rings is 1. The molecular formula is C18H15Cl2N3OS. The average Bonchev–Trinajstić information content (AvgIpc) is 3.12. The lowest BCUT2D eigenvalue weighted by Crippen LogP contribution is -2.34. The number of aromatic nitrogens is 1. The third-order valence-electron chi connectivity index (χ3n) is 3.46. The molecule has 0 atom stereocenters. The number of thiocarbonyl (C=S) groups is 1. The second-order valence-electron chi connectivity index (χ2n) is 5.32. The van der Waals surface area contributed by atoms with E-state index >= 15 is 0 Å². The molecule has 0 aliphatic carbocycles. The summed E-state index contributed by atoms with van der Waals surface area (Å²) in [4.78, 5) is 6.34. The SMILES string of the molecule is S=C(Nc1ccc(Cl)c(Cl)c1)N(Cc1ccccn1)Cc1ccco1. The van der Waals surface area contributed by atoms with Gasteiger partial charge >= 0.3 is 0 Å². The van der Waals surface area contributed by atoms with E-state index in [0.717, 1.165) is 17.1 Å². The summed E-state index contributed by atoms with van der Waals surface area (Å²) in [5.74, 6) is 0.814. The highest BCUT2D eigenvalue weighted by atomic mass is 35.5. The quantitative estimate of drug-likeness (QED) is 0.591. The lowest BCUT2D eigenvalue weighted by atomic mass is 10.3. The molecule has 7 heteroatoms. The van der Waals surface area contributed by atoms with Crippen molar-refractivity contribution >= 4 is 46.2 Å². The summed E-state index contributed by atoms with van der Waals surface area (Å²) < 4.78 is 5.45. The van der Waals surface area contributed by atoms with Crippen LogP contribution in [0.15, 0.2) is 65.4 Å². The maximum atomic E-state index is 6.07. The maximum Gasteiger partial charge on any atom is 0.174 e. The minimum absolute atomic E-state index is 0.469. The highest BCUT2D eigenvalue weighted by Crippen LogP contribution is 2.25. The first-order chi connectivity index (χ1) is 12.1. The van der Waals surface area contributed by atoms with Gasteiger partial charge in [-0.1, -0.05) is 29.3 Å². The lowest BCUT2D eigenvalue weighted by Gasteiger charge is -2.25. The maximum absolute atomic E-state index is 6.07. The van der Waals surface area contributed by atoms with Gasteiger partial charge in [-0.15, -0.1) is 0 Å². The molecule has 0 saturated carbocycles. The Morgan fingerprint density at radius 1 is 1.08 bits per heavy atom.